The van der Waals surface area contributed by atoms with Crippen LogP contribution in [0.1, 0.15) is 108 Å². The van der Waals surface area contributed by atoms with Gasteiger partial charge in [0.15, 0.2) is 0 Å². The molecule has 0 saturated heterocycles. The van der Waals surface area contributed by atoms with Crippen molar-refractivity contribution in [1.82, 2.24) is 0 Å². The summed E-state index contributed by atoms with van der Waals surface area (Å²) in [5.74, 6) is 1.72. The van der Waals surface area contributed by atoms with Crippen LogP contribution in [0.2, 0.25) is 0 Å². The number of esters is 1. The van der Waals surface area contributed by atoms with Gasteiger partial charge in [0.2, 0.25) is 0 Å². The van der Waals surface area contributed by atoms with E-state index >= 15 is 0 Å². The molecule has 0 aliphatic heterocycles. The average molecular weight is 359 g/mol. The largest absolute Gasteiger partial charge is 0.460 e. The number of carbonyl (C=O) groups is 1. The zero-order chi connectivity index (χ0) is 20.3. The average Bonchev–Trinajstić information content (AvgIpc) is 2.90. The maximum absolute atomic E-state index is 11.9. The summed E-state index contributed by atoms with van der Waals surface area (Å²) in [7, 11) is 0. The molecule has 0 spiro atoms. The number of hydrogen-bond donors (Lipinski definition) is 1. The van der Waals surface area contributed by atoms with Crippen LogP contribution in [0.25, 0.3) is 0 Å². The molecule has 3 nitrogen and oxygen atoms in total. The molecule has 0 aromatic heterocycles. The molecular formula is C22H46O3. The third kappa shape index (κ3) is 11.6. The van der Waals surface area contributed by atoms with E-state index in [9.17, 15) is 9.90 Å². The molecule has 1 fully saturated rings. The van der Waals surface area contributed by atoms with Gasteiger partial charge >= 0.3 is 5.97 Å². The van der Waals surface area contributed by atoms with E-state index in [1.54, 1.807) is 6.92 Å². The van der Waals surface area contributed by atoms with Crippen molar-refractivity contribution in [2.75, 3.05) is 0 Å². The fourth-order valence-electron chi connectivity index (χ4n) is 3.75. The van der Waals surface area contributed by atoms with E-state index in [-0.39, 0.29) is 12.4 Å². The molecule has 0 radical (unpaired) electrons. The SMILES string of the molecule is CC.CC.CCC1CC(CC)C(CC(C)(O)CC(=O)OC(C)(C)C)C1. The first-order valence-corrected chi connectivity index (χ1v) is 10.5. The van der Waals surface area contributed by atoms with Gasteiger partial charge in [0.1, 0.15) is 5.60 Å². The van der Waals surface area contributed by atoms with Gasteiger partial charge < -0.3 is 9.84 Å². The minimum atomic E-state index is -0.955. The van der Waals surface area contributed by atoms with Gasteiger partial charge in [0, 0.05) is 0 Å². The van der Waals surface area contributed by atoms with E-state index in [1.807, 2.05) is 48.5 Å². The number of carbonyl (C=O) groups excluding carboxylic acids is 1. The summed E-state index contributed by atoms with van der Waals surface area (Å²) in [4.78, 5) is 11.9. The summed E-state index contributed by atoms with van der Waals surface area (Å²) in [6.07, 6.45) is 5.67. The molecule has 4 unspecified atom stereocenters. The van der Waals surface area contributed by atoms with Gasteiger partial charge in [-0.15, -0.1) is 0 Å². The van der Waals surface area contributed by atoms with E-state index in [0.717, 1.165) is 5.92 Å². The van der Waals surface area contributed by atoms with Crippen LogP contribution in [-0.4, -0.2) is 22.3 Å². The molecule has 1 rings (SSSR count). The Kier molecular flexibility index (Phi) is 13.6. The molecule has 1 aliphatic carbocycles. The Morgan fingerprint density at radius 1 is 0.960 bits per heavy atom. The van der Waals surface area contributed by atoms with Crippen molar-refractivity contribution in [3.63, 3.8) is 0 Å². The molecule has 0 heterocycles. The summed E-state index contributed by atoms with van der Waals surface area (Å²) >= 11 is 0. The molecule has 0 bridgehead atoms. The number of aliphatic hydroxyl groups is 1. The maximum atomic E-state index is 11.9. The van der Waals surface area contributed by atoms with Crippen molar-refractivity contribution in [1.29, 1.82) is 0 Å². The smallest absolute Gasteiger partial charge is 0.309 e. The van der Waals surface area contributed by atoms with Crippen LogP contribution in [-0.2, 0) is 9.53 Å². The molecule has 25 heavy (non-hydrogen) atoms. The van der Waals surface area contributed by atoms with Crippen LogP contribution in [0.3, 0.4) is 0 Å². The minimum Gasteiger partial charge on any atom is -0.460 e. The third-order valence-corrected chi connectivity index (χ3v) is 4.69. The van der Waals surface area contributed by atoms with Crippen LogP contribution in [0.15, 0.2) is 0 Å². The lowest BCUT2D eigenvalue weighted by atomic mass is 9.82. The predicted molar refractivity (Wildman–Crippen MR) is 109 cm³/mol. The van der Waals surface area contributed by atoms with Crippen molar-refractivity contribution >= 4 is 5.97 Å². The highest BCUT2D eigenvalue weighted by Gasteiger charge is 2.38. The monoisotopic (exact) mass is 358 g/mol. The van der Waals surface area contributed by atoms with Crippen LogP contribution in [0.5, 0.6) is 0 Å². The van der Waals surface area contributed by atoms with E-state index in [0.29, 0.717) is 18.3 Å². The molecule has 0 aromatic rings. The molecule has 1 aliphatic rings. The minimum absolute atomic E-state index is 0.0913. The van der Waals surface area contributed by atoms with Crippen molar-refractivity contribution in [2.45, 2.75) is 119 Å². The van der Waals surface area contributed by atoms with Gasteiger partial charge in [-0.05, 0) is 64.7 Å². The second-order valence-electron chi connectivity index (χ2n) is 8.14. The van der Waals surface area contributed by atoms with Gasteiger partial charge in [-0.25, -0.2) is 0 Å². The first kappa shape index (κ1) is 26.7. The van der Waals surface area contributed by atoms with Crippen molar-refractivity contribution in [2.24, 2.45) is 17.8 Å². The molecule has 3 heteroatoms. The topological polar surface area (TPSA) is 46.5 Å². The summed E-state index contributed by atoms with van der Waals surface area (Å²) in [6, 6.07) is 0. The number of rotatable bonds is 6. The fourth-order valence-corrected chi connectivity index (χ4v) is 3.75. The lowest BCUT2D eigenvalue weighted by Crippen LogP contribution is -2.35. The predicted octanol–water partition coefficient (Wildman–Crippen LogP) is 6.37. The van der Waals surface area contributed by atoms with Gasteiger partial charge in [0.05, 0.1) is 12.0 Å². The van der Waals surface area contributed by atoms with Crippen LogP contribution in [0, 0.1) is 17.8 Å². The quantitative estimate of drug-likeness (QED) is 0.561. The standard InChI is InChI=1S/C18H34O3.2C2H6/c1-7-13-9-14(8-2)15(10-13)11-18(6,20)12-16(19)21-17(3,4)5;2*1-2/h13-15,20H,7-12H2,1-6H3;2*1-2H3. The second-order valence-corrected chi connectivity index (χ2v) is 8.14. The van der Waals surface area contributed by atoms with Crippen molar-refractivity contribution in [3.8, 4) is 0 Å². The first-order chi connectivity index (χ1) is 11.6. The second kappa shape index (κ2) is 12.7. The molecule has 0 amide bonds. The molecule has 1 N–H and O–H groups in total. The Balaban J connectivity index is 0. The third-order valence-electron chi connectivity index (χ3n) is 4.69. The van der Waals surface area contributed by atoms with Gasteiger partial charge in [-0.1, -0.05) is 54.4 Å². The van der Waals surface area contributed by atoms with Crippen LogP contribution in [0.4, 0.5) is 0 Å². The zero-order valence-electron chi connectivity index (χ0n) is 18.7. The highest BCUT2D eigenvalue weighted by atomic mass is 16.6. The van der Waals surface area contributed by atoms with Crippen LogP contribution < -0.4 is 0 Å². The zero-order valence-corrected chi connectivity index (χ0v) is 18.7. The Bertz CT molecular complexity index is 342. The normalized spacial score (nSPS) is 25.0. The lowest BCUT2D eigenvalue weighted by Gasteiger charge is -2.30. The van der Waals surface area contributed by atoms with Gasteiger partial charge in [-0.3, -0.25) is 4.79 Å². The summed E-state index contributed by atoms with van der Waals surface area (Å²) in [6.45, 7) is 19.8. The van der Waals surface area contributed by atoms with Crippen molar-refractivity contribution in [3.05, 3.63) is 0 Å². The maximum Gasteiger partial charge on any atom is 0.309 e. The Labute approximate surface area is 157 Å². The van der Waals surface area contributed by atoms with E-state index in [1.165, 1.54) is 25.7 Å². The molecular weight excluding hydrogens is 312 g/mol. The first-order valence-electron chi connectivity index (χ1n) is 10.5. The van der Waals surface area contributed by atoms with E-state index in [4.69, 9.17) is 4.74 Å². The summed E-state index contributed by atoms with van der Waals surface area (Å²) in [5.41, 5.74) is -1.44. The van der Waals surface area contributed by atoms with Gasteiger partial charge in [-0.2, -0.15) is 0 Å². The molecule has 4 atom stereocenters. The lowest BCUT2D eigenvalue weighted by molar-refractivity contribution is -0.160. The van der Waals surface area contributed by atoms with E-state index in [2.05, 4.69) is 13.8 Å². The Morgan fingerprint density at radius 2 is 1.44 bits per heavy atom. The summed E-state index contributed by atoms with van der Waals surface area (Å²) < 4.78 is 5.33. The number of ether oxygens (including phenoxy) is 1. The Morgan fingerprint density at radius 3 is 1.84 bits per heavy atom. The Hall–Kier alpha value is -0.570. The number of hydrogen-bond acceptors (Lipinski definition) is 3. The fraction of sp³-hybridized carbons (Fsp3) is 0.955. The highest BCUT2D eigenvalue weighted by molar-refractivity contribution is 5.71. The van der Waals surface area contributed by atoms with Crippen molar-refractivity contribution < 1.29 is 14.6 Å². The van der Waals surface area contributed by atoms with Gasteiger partial charge in [0.25, 0.3) is 0 Å². The van der Waals surface area contributed by atoms with Crippen LogP contribution >= 0.6 is 0 Å². The molecule has 0 aromatic carbocycles. The molecule has 152 valence electrons. The highest BCUT2D eigenvalue weighted by Crippen LogP contribution is 2.44. The molecule has 1 saturated carbocycles. The van der Waals surface area contributed by atoms with E-state index < -0.39 is 11.2 Å². The summed E-state index contributed by atoms with van der Waals surface area (Å²) in [5, 5.41) is 10.6.